The van der Waals surface area contributed by atoms with Gasteiger partial charge in [0.05, 0.1) is 25.7 Å². The largest absolute Gasteiger partial charge is 0.534 e. The number of rotatable bonds is 6. The molecular weight excluding hydrogens is 747 g/mol. The number of fused-ring (bicyclic) bond motifs is 2. The molecule has 4 aromatic carbocycles. The van der Waals surface area contributed by atoms with Gasteiger partial charge in [0.1, 0.15) is 5.75 Å². The highest BCUT2D eigenvalue weighted by molar-refractivity contribution is 7.88. The van der Waals surface area contributed by atoms with Crippen LogP contribution in [0.3, 0.4) is 0 Å². The lowest BCUT2D eigenvalue weighted by Gasteiger charge is -2.37. The Morgan fingerprint density at radius 1 is 0.873 bits per heavy atom. The highest BCUT2D eigenvalue weighted by Gasteiger charge is 2.50. The number of nitro benzene ring substituents is 1. The third kappa shape index (κ3) is 7.12. The standard InChI is InChI=1S/C38H38F3N3O10S/c1-42-11-9-23-18-31(50-3)32-19-27(23)28(42)14-22-15-30(44(46)47)36(54-55(48,49)38(39,40)41)33(16-22)52-26-7-5-21(6-8-26)13-29-34-24(10-12-43(29)2)17-25(20-45)35(51-4)37(34)53-32/h5-8,15-19,28-29,45H,9-14,20H2,1-4H3/t28-,29+/m1/s1. The zero-order valence-electron chi connectivity index (χ0n) is 30.3. The normalized spacial score (nSPS) is 18.6. The Labute approximate surface area is 315 Å². The van der Waals surface area contributed by atoms with Gasteiger partial charge in [0.25, 0.3) is 5.75 Å². The Kier molecular flexibility index (Phi) is 10.1. The first-order valence-electron chi connectivity index (χ1n) is 17.3. The van der Waals surface area contributed by atoms with E-state index in [0.29, 0.717) is 60.9 Å². The van der Waals surface area contributed by atoms with Crippen LogP contribution in [0, 0.1) is 10.1 Å². The van der Waals surface area contributed by atoms with E-state index >= 15 is 0 Å². The summed E-state index contributed by atoms with van der Waals surface area (Å²) in [5.41, 5.74) is -1.69. The molecule has 0 aliphatic carbocycles. The molecule has 0 aromatic heterocycles. The number of alkyl halides is 3. The van der Waals surface area contributed by atoms with Crippen molar-refractivity contribution in [2.45, 2.75) is 49.9 Å². The Balaban J connectivity index is 1.47. The number of halogens is 3. The maximum absolute atomic E-state index is 13.5. The van der Waals surface area contributed by atoms with E-state index in [0.717, 1.165) is 33.9 Å². The van der Waals surface area contributed by atoms with Gasteiger partial charge in [-0.05, 0) is 104 Å². The van der Waals surface area contributed by atoms with Crippen LogP contribution in [-0.2, 0) is 42.4 Å². The lowest BCUT2D eigenvalue weighted by Crippen LogP contribution is -2.34. The van der Waals surface area contributed by atoms with Crippen LogP contribution < -0.4 is 23.1 Å². The molecule has 4 aliphatic rings. The third-order valence-electron chi connectivity index (χ3n) is 10.5. The quantitative estimate of drug-likeness (QED) is 0.0951. The minimum absolute atomic E-state index is 0.0677. The fourth-order valence-corrected chi connectivity index (χ4v) is 8.12. The summed E-state index contributed by atoms with van der Waals surface area (Å²) in [6.45, 7) is 0.991. The van der Waals surface area contributed by atoms with Gasteiger partial charge >= 0.3 is 21.3 Å². The van der Waals surface area contributed by atoms with Crippen molar-refractivity contribution in [1.29, 1.82) is 0 Å². The predicted molar refractivity (Wildman–Crippen MR) is 193 cm³/mol. The number of benzene rings is 4. The molecule has 8 rings (SSSR count). The van der Waals surface area contributed by atoms with Gasteiger partial charge in [-0.1, -0.05) is 12.1 Å². The highest BCUT2D eigenvalue weighted by Crippen LogP contribution is 2.50. The summed E-state index contributed by atoms with van der Waals surface area (Å²) in [7, 11) is 0.581. The molecule has 0 radical (unpaired) electrons. The van der Waals surface area contributed by atoms with Crippen LogP contribution in [0.5, 0.6) is 40.2 Å². The molecule has 4 heterocycles. The topological polar surface area (TPSA) is 150 Å². The second-order valence-corrected chi connectivity index (χ2v) is 15.3. The van der Waals surface area contributed by atoms with E-state index in [1.54, 1.807) is 12.1 Å². The van der Waals surface area contributed by atoms with Crippen LogP contribution in [0.2, 0.25) is 0 Å². The molecule has 55 heavy (non-hydrogen) atoms. The van der Waals surface area contributed by atoms with Crippen molar-refractivity contribution < 1.29 is 54.7 Å². The molecule has 0 saturated carbocycles. The van der Waals surface area contributed by atoms with Crippen LogP contribution in [0.25, 0.3) is 0 Å². The minimum atomic E-state index is -6.32. The Morgan fingerprint density at radius 3 is 2.18 bits per heavy atom. The number of nitro groups is 1. The van der Waals surface area contributed by atoms with E-state index in [1.807, 2.05) is 37.2 Å². The summed E-state index contributed by atoms with van der Waals surface area (Å²) in [5, 5.41) is 22.8. The van der Waals surface area contributed by atoms with Crippen molar-refractivity contribution in [3.8, 4) is 40.2 Å². The molecule has 13 nitrogen and oxygen atoms in total. The second kappa shape index (κ2) is 14.5. The van der Waals surface area contributed by atoms with Crippen molar-refractivity contribution in [1.82, 2.24) is 9.80 Å². The Hall–Kier alpha value is -5.10. The predicted octanol–water partition coefficient (Wildman–Crippen LogP) is 6.77. The fraction of sp³-hybridized carbons (Fsp3) is 0.368. The van der Waals surface area contributed by atoms with E-state index in [1.165, 1.54) is 32.4 Å². The highest BCUT2D eigenvalue weighted by atomic mass is 32.2. The Morgan fingerprint density at radius 2 is 1.55 bits per heavy atom. The van der Waals surface area contributed by atoms with Gasteiger partial charge in [-0.15, -0.1) is 0 Å². The number of aliphatic hydroxyl groups excluding tert-OH is 1. The molecule has 4 aromatic rings. The van der Waals surface area contributed by atoms with Gasteiger partial charge in [0.2, 0.25) is 0 Å². The van der Waals surface area contributed by atoms with E-state index in [4.69, 9.17) is 18.9 Å². The molecule has 0 unspecified atom stereocenters. The van der Waals surface area contributed by atoms with Crippen molar-refractivity contribution in [3.05, 3.63) is 104 Å². The first-order valence-corrected chi connectivity index (χ1v) is 18.7. The minimum Gasteiger partial charge on any atom is -0.493 e. The third-order valence-corrected chi connectivity index (χ3v) is 11.4. The smallest absolute Gasteiger partial charge is 0.493 e. The van der Waals surface area contributed by atoms with Crippen LogP contribution >= 0.6 is 0 Å². The van der Waals surface area contributed by atoms with Crippen LogP contribution in [0.1, 0.15) is 51.0 Å². The monoisotopic (exact) mass is 785 g/mol. The van der Waals surface area contributed by atoms with E-state index in [9.17, 15) is 36.8 Å². The summed E-state index contributed by atoms with van der Waals surface area (Å²) in [6.07, 6.45) is 1.84. The van der Waals surface area contributed by atoms with Gasteiger partial charge in [-0.3, -0.25) is 19.9 Å². The summed E-state index contributed by atoms with van der Waals surface area (Å²) in [6, 6.07) is 13.7. The molecule has 0 spiro atoms. The van der Waals surface area contributed by atoms with Gasteiger partial charge < -0.3 is 28.2 Å². The van der Waals surface area contributed by atoms with Gasteiger partial charge in [-0.2, -0.15) is 21.6 Å². The lowest BCUT2D eigenvalue weighted by atomic mass is 9.86. The zero-order chi connectivity index (χ0) is 39.4. The maximum atomic E-state index is 13.5. The first kappa shape index (κ1) is 38.2. The SMILES string of the molecule is COc1cc2c3cc1Oc1c(OC)c(CO)cc4c1[C@H](Cc1ccc(cc1)Oc1cc(cc([N+](=O)[O-])c1OS(=O)(=O)C(F)(F)F)C[C@H]3N(C)CC2)N(C)CC4. The molecule has 1 N–H and O–H groups in total. The molecule has 0 saturated heterocycles. The summed E-state index contributed by atoms with van der Waals surface area (Å²) in [4.78, 5) is 15.6. The number of likely N-dealkylation sites (N-methyl/N-ethyl adjacent to an activating group) is 2. The van der Waals surface area contributed by atoms with Crippen molar-refractivity contribution >= 4 is 15.8 Å². The molecule has 17 heteroatoms. The van der Waals surface area contributed by atoms with E-state index in [-0.39, 0.29) is 30.4 Å². The molecule has 4 aliphatic heterocycles. The number of nitrogens with zero attached hydrogens (tertiary/aromatic N) is 3. The van der Waals surface area contributed by atoms with Crippen LogP contribution in [-0.4, -0.2) is 75.2 Å². The molecule has 0 fully saturated rings. The van der Waals surface area contributed by atoms with Crippen molar-refractivity contribution in [2.75, 3.05) is 41.4 Å². The average Bonchev–Trinajstić information content (AvgIpc) is 3.14. The number of ether oxygens (including phenoxy) is 4. The van der Waals surface area contributed by atoms with Gasteiger partial charge in [0, 0.05) is 42.4 Å². The maximum Gasteiger partial charge on any atom is 0.534 e. The lowest BCUT2D eigenvalue weighted by molar-refractivity contribution is -0.385. The van der Waals surface area contributed by atoms with E-state index in [2.05, 4.69) is 9.08 Å². The van der Waals surface area contributed by atoms with Crippen molar-refractivity contribution in [2.24, 2.45) is 0 Å². The average molecular weight is 786 g/mol. The molecule has 2 atom stereocenters. The molecule has 6 bridgehead atoms. The number of aliphatic hydroxyl groups is 1. The number of hydrogen-bond donors (Lipinski definition) is 1. The molecule has 0 amide bonds. The number of hydrogen-bond acceptors (Lipinski definition) is 12. The zero-order valence-corrected chi connectivity index (χ0v) is 31.1. The Bertz CT molecular complexity index is 2270. The second-order valence-electron chi connectivity index (χ2n) is 13.8. The van der Waals surface area contributed by atoms with E-state index < -0.39 is 43.8 Å². The van der Waals surface area contributed by atoms with Gasteiger partial charge in [0.15, 0.2) is 28.7 Å². The first-order chi connectivity index (χ1) is 26.1. The van der Waals surface area contributed by atoms with Crippen LogP contribution in [0.15, 0.2) is 54.6 Å². The number of methoxy groups -OCH3 is 2. The summed E-state index contributed by atoms with van der Waals surface area (Å²) in [5.74, 6) is -0.110. The molecule has 292 valence electrons. The molecular formula is C38H38F3N3O10S. The van der Waals surface area contributed by atoms with Crippen LogP contribution in [0.4, 0.5) is 18.9 Å². The summed E-state index contributed by atoms with van der Waals surface area (Å²) >= 11 is 0. The van der Waals surface area contributed by atoms with Crippen molar-refractivity contribution in [3.63, 3.8) is 0 Å². The summed E-state index contributed by atoms with van der Waals surface area (Å²) < 4.78 is 94.1. The van der Waals surface area contributed by atoms with Gasteiger partial charge in [-0.25, -0.2) is 0 Å². The fourth-order valence-electron chi connectivity index (χ4n) is 7.64.